The number of allylic oxidation sites excluding steroid dienone is 4. The fourth-order valence-corrected chi connectivity index (χ4v) is 6.44. The number of carbonyl (C=O) groups excluding carboxylic acids is 1. The standard InChI is InChI=1S/C43H83NO3/c1-3-5-7-9-11-13-15-17-19-20-21-22-23-24-25-26-28-30-32-34-36-38-42(46)41(40-45)44-43(47)39-37-35-33-31-29-27-18-16-14-12-10-8-6-4-2/h10,12,16,18,41-42,45-46H,3-9,11,13-15,17,19-40H2,1-2H3,(H,44,47)/b12-10-,18-16-. The molecule has 0 aromatic carbocycles. The molecule has 0 aromatic heterocycles. The van der Waals surface area contributed by atoms with E-state index < -0.39 is 12.1 Å². The van der Waals surface area contributed by atoms with Crippen LogP contribution in [0.4, 0.5) is 0 Å². The van der Waals surface area contributed by atoms with Crippen LogP contribution in [0.3, 0.4) is 0 Å². The van der Waals surface area contributed by atoms with Crippen LogP contribution < -0.4 is 5.32 Å². The summed E-state index contributed by atoms with van der Waals surface area (Å²) < 4.78 is 0. The third-order valence-electron chi connectivity index (χ3n) is 9.72. The van der Waals surface area contributed by atoms with E-state index in [1.54, 1.807) is 0 Å². The highest BCUT2D eigenvalue weighted by Crippen LogP contribution is 2.16. The Balaban J connectivity index is 3.51. The van der Waals surface area contributed by atoms with Gasteiger partial charge in [-0.25, -0.2) is 0 Å². The molecule has 0 heterocycles. The maximum atomic E-state index is 12.4. The number of rotatable bonds is 38. The highest BCUT2D eigenvalue weighted by atomic mass is 16.3. The summed E-state index contributed by atoms with van der Waals surface area (Å²) in [5, 5.41) is 23.1. The van der Waals surface area contributed by atoms with Crippen LogP contribution >= 0.6 is 0 Å². The molecule has 0 spiro atoms. The van der Waals surface area contributed by atoms with E-state index in [9.17, 15) is 15.0 Å². The second kappa shape index (κ2) is 39.3. The van der Waals surface area contributed by atoms with Gasteiger partial charge in [0.1, 0.15) is 0 Å². The van der Waals surface area contributed by atoms with E-state index in [0.717, 1.165) is 44.9 Å². The minimum Gasteiger partial charge on any atom is -0.394 e. The lowest BCUT2D eigenvalue weighted by Crippen LogP contribution is -2.45. The number of unbranched alkanes of at least 4 members (excludes halogenated alkanes) is 27. The average molecular weight is 662 g/mol. The maximum Gasteiger partial charge on any atom is 0.220 e. The van der Waals surface area contributed by atoms with Crippen LogP contribution in [0.2, 0.25) is 0 Å². The third kappa shape index (κ3) is 36.0. The second-order valence-electron chi connectivity index (χ2n) is 14.4. The molecule has 0 aliphatic carbocycles. The monoisotopic (exact) mass is 662 g/mol. The van der Waals surface area contributed by atoms with Crippen LogP contribution in [0.1, 0.15) is 226 Å². The number of carbonyl (C=O) groups is 1. The first-order valence-electron chi connectivity index (χ1n) is 21.0. The lowest BCUT2D eigenvalue weighted by atomic mass is 10.0. The van der Waals surface area contributed by atoms with Crippen molar-refractivity contribution in [2.75, 3.05) is 6.61 Å². The zero-order chi connectivity index (χ0) is 34.3. The normalized spacial score (nSPS) is 13.2. The Bertz CT molecular complexity index is 676. The Hall–Kier alpha value is -1.13. The quantitative estimate of drug-likeness (QED) is 0.0455. The van der Waals surface area contributed by atoms with E-state index in [1.165, 1.54) is 154 Å². The van der Waals surface area contributed by atoms with E-state index >= 15 is 0 Å². The molecule has 2 atom stereocenters. The average Bonchev–Trinajstić information content (AvgIpc) is 3.07. The number of aliphatic hydroxyl groups excluding tert-OH is 2. The van der Waals surface area contributed by atoms with E-state index in [2.05, 4.69) is 43.5 Å². The van der Waals surface area contributed by atoms with Crippen molar-refractivity contribution in [1.82, 2.24) is 5.32 Å². The molecule has 278 valence electrons. The Labute approximate surface area is 294 Å². The lowest BCUT2D eigenvalue weighted by Gasteiger charge is -2.22. The topological polar surface area (TPSA) is 69.6 Å². The van der Waals surface area contributed by atoms with Gasteiger partial charge in [-0.3, -0.25) is 4.79 Å². The maximum absolute atomic E-state index is 12.4. The molecular formula is C43H83NO3. The van der Waals surface area contributed by atoms with Gasteiger partial charge in [-0.05, 0) is 38.5 Å². The number of hydrogen-bond acceptors (Lipinski definition) is 3. The molecule has 0 rings (SSSR count). The SMILES string of the molecule is CCCC/C=C\C/C=C\CCCCCCCC(=O)NC(CO)C(O)CCCCCCCCCCCCCCCCCCCCCCC. The molecule has 0 aliphatic rings. The van der Waals surface area contributed by atoms with Crippen molar-refractivity contribution in [3.63, 3.8) is 0 Å². The van der Waals surface area contributed by atoms with E-state index in [4.69, 9.17) is 0 Å². The number of amides is 1. The van der Waals surface area contributed by atoms with Crippen LogP contribution in [0.25, 0.3) is 0 Å². The second-order valence-corrected chi connectivity index (χ2v) is 14.4. The molecule has 0 fully saturated rings. The third-order valence-corrected chi connectivity index (χ3v) is 9.72. The van der Waals surface area contributed by atoms with Crippen LogP contribution in [0, 0.1) is 0 Å². The first-order chi connectivity index (χ1) is 23.2. The number of hydrogen-bond donors (Lipinski definition) is 3. The molecule has 0 radical (unpaired) electrons. The molecule has 3 N–H and O–H groups in total. The van der Waals surface area contributed by atoms with E-state index in [-0.39, 0.29) is 12.5 Å². The van der Waals surface area contributed by atoms with Crippen LogP contribution in [0.15, 0.2) is 24.3 Å². The van der Waals surface area contributed by atoms with Crippen LogP contribution in [-0.4, -0.2) is 34.9 Å². The summed E-state index contributed by atoms with van der Waals surface area (Å²) in [7, 11) is 0. The van der Waals surface area contributed by atoms with Gasteiger partial charge in [0.2, 0.25) is 5.91 Å². The van der Waals surface area contributed by atoms with Crippen LogP contribution in [-0.2, 0) is 4.79 Å². The largest absolute Gasteiger partial charge is 0.394 e. The molecule has 0 aliphatic heterocycles. The Kier molecular flexibility index (Phi) is 38.4. The van der Waals surface area contributed by atoms with Crippen molar-refractivity contribution >= 4 is 5.91 Å². The predicted molar refractivity (Wildman–Crippen MR) is 207 cm³/mol. The zero-order valence-corrected chi connectivity index (χ0v) is 31.8. The highest BCUT2D eigenvalue weighted by Gasteiger charge is 2.19. The molecule has 0 saturated carbocycles. The fourth-order valence-electron chi connectivity index (χ4n) is 6.44. The van der Waals surface area contributed by atoms with Crippen LogP contribution in [0.5, 0.6) is 0 Å². The number of aliphatic hydroxyl groups is 2. The predicted octanol–water partition coefficient (Wildman–Crippen LogP) is 12.8. The van der Waals surface area contributed by atoms with Gasteiger partial charge in [-0.15, -0.1) is 0 Å². The van der Waals surface area contributed by atoms with Gasteiger partial charge in [-0.1, -0.05) is 205 Å². The summed E-state index contributed by atoms with van der Waals surface area (Å²) in [6, 6.07) is -0.541. The molecule has 0 aromatic rings. The van der Waals surface area contributed by atoms with Crippen molar-refractivity contribution in [2.45, 2.75) is 238 Å². The van der Waals surface area contributed by atoms with Gasteiger partial charge in [0.25, 0.3) is 0 Å². The first-order valence-corrected chi connectivity index (χ1v) is 21.0. The van der Waals surface area contributed by atoms with Crippen molar-refractivity contribution in [3.8, 4) is 0 Å². The molecule has 4 nitrogen and oxygen atoms in total. The Morgan fingerprint density at radius 2 is 0.894 bits per heavy atom. The molecule has 0 bridgehead atoms. The molecule has 0 saturated heterocycles. The summed E-state index contributed by atoms with van der Waals surface area (Å²) in [5.74, 6) is -0.0446. The van der Waals surface area contributed by atoms with Gasteiger partial charge < -0.3 is 15.5 Å². The minimum atomic E-state index is -0.663. The summed E-state index contributed by atoms with van der Waals surface area (Å²) in [4.78, 5) is 12.4. The zero-order valence-electron chi connectivity index (χ0n) is 31.8. The van der Waals surface area contributed by atoms with Crippen molar-refractivity contribution < 1.29 is 15.0 Å². The van der Waals surface area contributed by atoms with Crippen molar-refractivity contribution in [2.24, 2.45) is 0 Å². The summed E-state index contributed by atoms with van der Waals surface area (Å²) in [6.45, 7) is 4.32. The summed E-state index contributed by atoms with van der Waals surface area (Å²) >= 11 is 0. The first kappa shape index (κ1) is 45.9. The molecule has 4 heteroatoms. The molecule has 2 unspecified atom stereocenters. The van der Waals surface area contributed by atoms with Gasteiger partial charge in [0.15, 0.2) is 0 Å². The Morgan fingerprint density at radius 1 is 0.511 bits per heavy atom. The summed E-state index contributed by atoms with van der Waals surface area (Å²) in [6.07, 6.45) is 49.6. The van der Waals surface area contributed by atoms with Gasteiger partial charge in [-0.2, -0.15) is 0 Å². The highest BCUT2D eigenvalue weighted by molar-refractivity contribution is 5.76. The smallest absolute Gasteiger partial charge is 0.220 e. The van der Waals surface area contributed by atoms with E-state index in [1.807, 2.05) is 0 Å². The van der Waals surface area contributed by atoms with Gasteiger partial charge in [0.05, 0.1) is 18.8 Å². The van der Waals surface area contributed by atoms with Crippen molar-refractivity contribution in [3.05, 3.63) is 24.3 Å². The van der Waals surface area contributed by atoms with Crippen molar-refractivity contribution in [1.29, 1.82) is 0 Å². The minimum absolute atomic E-state index is 0.0446. The molecule has 47 heavy (non-hydrogen) atoms. The Morgan fingerprint density at radius 3 is 1.34 bits per heavy atom. The summed E-state index contributed by atoms with van der Waals surface area (Å²) in [5.41, 5.74) is 0. The van der Waals surface area contributed by atoms with Gasteiger partial charge >= 0.3 is 0 Å². The molecule has 1 amide bonds. The lowest BCUT2D eigenvalue weighted by molar-refractivity contribution is -0.123. The fraction of sp³-hybridized carbons (Fsp3) is 0.884. The molecular weight excluding hydrogens is 578 g/mol. The number of nitrogens with one attached hydrogen (secondary N) is 1. The van der Waals surface area contributed by atoms with Gasteiger partial charge in [0, 0.05) is 6.42 Å². The van der Waals surface area contributed by atoms with E-state index in [0.29, 0.717) is 12.8 Å².